The van der Waals surface area contributed by atoms with Gasteiger partial charge in [0.1, 0.15) is 24.2 Å². The van der Waals surface area contributed by atoms with Crippen LogP contribution in [0, 0.1) is 17.2 Å². The van der Waals surface area contributed by atoms with Crippen LogP contribution in [0.15, 0.2) is 45.6 Å². The molecule has 0 spiro atoms. The largest absolute Gasteiger partial charge is 0.490 e. The average Bonchev–Trinajstić information content (AvgIpc) is 3.45. The molecule has 4 rings (SSSR count). The lowest BCUT2D eigenvalue weighted by atomic mass is 10.1. The second-order valence-corrected chi connectivity index (χ2v) is 9.82. The van der Waals surface area contributed by atoms with Gasteiger partial charge < -0.3 is 9.47 Å². The lowest BCUT2D eigenvalue weighted by molar-refractivity contribution is -0.118. The lowest BCUT2D eigenvalue weighted by Crippen LogP contribution is -2.05. The van der Waals surface area contributed by atoms with E-state index in [1.165, 1.54) is 12.8 Å². The van der Waals surface area contributed by atoms with Gasteiger partial charge in [0.25, 0.3) is 0 Å². The molecule has 5 nitrogen and oxygen atoms in total. The molecule has 3 aromatic rings. The van der Waals surface area contributed by atoms with Gasteiger partial charge in [-0.3, -0.25) is 9.78 Å². The van der Waals surface area contributed by atoms with Crippen molar-refractivity contribution < 1.29 is 14.3 Å². The molecule has 154 valence electrons. The molecule has 0 bridgehead atoms. The normalized spacial score (nSPS) is 13.3. The Hall–Kier alpha value is -2.40. The van der Waals surface area contributed by atoms with Crippen molar-refractivity contribution in [3.63, 3.8) is 0 Å². The van der Waals surface area contributed by atoms with Gasteiger partial charge in [0.05, 0.1) is 21.9 Å². The Morgan fingerprint density at radius 3 is 2.93 bits per heavy atom. The van der Waals surface area contributed by atoms with Crippen molar-refractivity contribution in [1.82, 2.24) is 4.98 Å². The van der Waals surface area contributed by atoms with Crippen LogP contribution < -0.4 is 4.74 Å². The molecule has 0 unspecified atom stereocenters. The molecule has 2 heterocycles. The quantitative estimate of drug-likeness (QED) is 0.402. The van der Waals surface area contributed by atoms with Crippen molar-refractivity contribution in [2.75, 3.05) is 20.3 Å². The first-order valence-corrected chi connectivity index (χ1v) is 11.5. The summed E-state index contributed by atoms with van der Waals surface area (Å²) in [4.78, 5) is 18.7. The van der Waals surface area contributed by atoms with Gasteiger partial charge in [0.15, 0.2) is 0 Å². The Kier molecular flexibility index (Phi) is 6.68. The highest BCUT2D eigenvalue weighted by Gasteiger charge is 2.24. The van der Waals surface area contributed by atoms with Crippen LogP contribution in [-0.2, 0) is 16.0 Å². The zero-order valence-corrected chi connectivity index (χ0v) is 18.4. The van der Waals surface area contributed by atoms with Crippen LogP contribution in [0.5, 0.6) is 5.75 Å². The van der Waals surface area contributed by atoms with Crippen molar-refractivity contribution >= 4 is 39.8 Å². The molecule has 1 aliphatic carbocycles. The summed E-state index contributed by atoms with van der Waals surface area (Å²) in [5.41, 5.74) is 1.26. The Balaban J connectivity index is 1.52. The number of nitrogens with zero attached hydrogens (tertiary/aromatic N) is 2. The minimum absolute atomic E-state index is 0.338. The number of ether oxygens (including phenoxy) is 2. The van der Waals surface area contributed by atoms with E-state index in [4.69, 9.17) is 9.47 Å². The summed E-state index contributed by atoms with van der Waals surface area (Å²) in [6, 6.07) is 11.9. The van der Waals surface area contributed by atoms with Crippen molar-refractivity contribution in [3.05, 3.63) is 47.0 Å². The number of ketones is 1. The molecule has 30 heavy (non-hydrogen) atoms. The first-order valence-electron chi connectivity index (χ1n) is 9.89. The van der Waals surface area contributed by atoms with E-state index in [1.54, 1.807) is 36.4 Å². The molecule has 0 aliphatic heterocycles. The maximum absolute atomic E-state index is 12.1. The Labute approximate surface area is 184 Å². The van der Waals surface area contributed by atoms with E-state index < -0.39 is 0 Å². The number of hydrogen-bond acceptors (Lipinski definition) is 7. The van der Waals surface area contributed by atoms with E-state index in [-0.39, 0.29) is 0 Å². The van der Waals surface area contributed by atoms with Crippen LogP contribution >= 0.6 is 23.1 Å². The van der Waals surface area contributed by atoms with Crippen molar-refractivity contribution in [1.29, 1.82) is 5.26 Å². The number of aromatic nitrogens is 1. The van der Waals surface area contributed by atoms with Gasteiger partial charge in [0.2, 0.25) is 0 Å². The maximum atomic E-state index is 12.1. The zero-order chi connectivity index (χ0) is 20.9. The van der Waals surface area contributed by atoms with Gasteiger partial charge in [-0.1, -0.05) is 11.8 Å². The van der Waals surface area contributed by atoms with E-state index in [2.05, 4.69) is 17.1 Å². The summed E-state index contributed by atoms with van der Waals surface area (Å²) in [5.74, 6) is 1.49. The molecule has 7 heteroatoms. The van der Waals surface area contributed by atoms with E-state index in [0.29, 0.717) is 42.6 Å². The third-order valence-corrected chi connectivity index (χ3v) is 7.19. The second-order valence-electron chi connectivity index (χ2n) is 7.31. The van der Waals surface area contributed by atoms with E-state index >= 15 is 0 Å². The number of carbonyl (C=O) groups excluding carboxylic acids is 1. The molecule has 0 radical (unpaired) electrons. The highest BCUT2D eigenvalue weighted by Crippen LogP contribution is 2.39. The molecule has 0 amide bonds. The number of fused-ring (bicyclic) bond motifs is 1. The van der Waals surface area contributed by atoms with E-state index in [9.17, 15) is 10.1 Å². The maximum Gasteiger partial charge on any atom is 0.139 e. The Morgan fingerprint density at radius 2 is 2.17 bits per heavy atom. The number of carbonyl (C=O) groups is 1. The first kappa shape index (κ1) is 20.9. The number of rotatable bonds is 10. The number of Topliss-reactive ketones (excluding diaryl/α,β-unsaturated/α-hetero) is 1. The molecule has 0 atom stereocenters. The predicted octanol–water partition coefficient (Wildman–Crippen LogP) is 5.26. The van der Waals surface area contributed by atoms with Gasteiger partial charge in [-0.05, 0) is 43.0 Å². The third-order valence-electron chi connectivity index (χ3n) is 4.90. The van der Waals surface area contributed by atoms with Crippen molar-refractivity contribution in [2.24, 2.45) is 5.92 Å². The second kappa shape index (κ2) is 9.61. The van der Waals surface area contributed by atoms with E-state index in [0.717, 1.165) is 31.3 Å². The standard InChI is InChI=1S/C23H22N2O3S2/c1-27-8-9-28-21-13-20-19(11-16(21)14-24)22(6-7-25-20)30-23-5-4-18(29-23)12-17(26)10-15-2-3-15/h4-7,11,13,15H,2-3,8-10,12H2,1H3. The number of benzene rings is 1. The van der Waals surface area contributed by atoms with Crippen LogP contribution in [0.25, 0.3) is 10.9 Å². The summed E-state index contributed by atoms with van der Waals surface area (Å²) < 4.78 is 11.8. The van der Waals surface area contributed by atoms with Crippen LogP contribution in [0.1, 0.15) is 29.7 Å². The molecule has 1 saturated carbocycles. The summed E-state index contributed by atoms with van der Waals surface area (Å²) in [7, 11) is 1.61. The van der Waals surface area contributed by atoms with Gasteiger partial charge in [0, 0.05) is 47.4 Å². The summed E-state index contributed by atoms with van der Waals surface area (Å²) in [5, 5.41) is 10.5. The number of hydrogen-bond donors (Lipinski definition) is 0. The van der Waals surface area contributed by atoms with Crippen LogP contribution in [0.2, 0.25) is 0 Å². The number of pyridine rings is 1. The minimum atomic E-state index is 0.338. The van der Waals surface area contributed by atoms with Crippen molar-refractivity contribution in [3.8, 4) is 11.8 Å². The number of nitriles is 1. The minimum Gasteiger partial charge on any atom is -0.490 e. The summed E-state index contributed by atoms with van der Waals surface area (Å²) >= 11 is 3.29. The zero-order valence-electron chi connectivity index (χ0n) is 16.7. The van der Waals surface area contributed by atoms with Crippen LogP contribution in [0.4, 0.5) is 0 Å². The Bertz CT molecular complexity index is 1100. The van der Waals surface area contributed by atoms with Crippen LogP contribution in [0.3, 0.4) is 0 Å². The lowest BCUT2D eigenvalue weighted by Gasteiger charge is -2.10. The van der Waals surface area contributed by atoms with Gasteiger partial charge in [-0.25, -0.2) is 0 Å². The summed E-state index contributed by atoms with van der Waals surface area (Å²) in [6.07, 6.45) is 5.43. The highest BCUT2D eigenvalue weighted by molar-refractivity contribution is 8.01. The molecule has 1 aliphatic rings. The number of thiophene rings is 1. The van der Waals surface area contributed by atoms with E-state index in [1.807, 2.05) is 24.3 Å². The molecule has 1 aromatic carbocycles. The molecule has 0 N–H and O–H groups in total. The third kappa shape index (κ3) is 5.20. The fourth-order valence-electron chi connectivity index (χ4n) is 3.21. The monoisotopic (exact) mass is 438 g/mol. The molecular weight excluding hydrogens is 416 g/mol. The molecular formula is C23H22N2O3S2. The highest BCUT2D eigenvalue weighted by atomic mass is 32.2. The fraction of sp³-hybridized carbons (Fsp3) is 0.348. The SMILES string of the molecule is COCCOc1cc2nccc(Sc3ccc(CC(=O)CC4CC4)s3)c2cc1C#N. The van der Waals surface area contributed by atoms with Crippen molar-refractivity contribution in [2.45, 2.75) is 34.8 Å². The van der Waals surface area contributed by atoms with Gasteiger partial charge >= 0.3 is 0 Å². The predicted molar refractivity (Wildman–Crippen MR) is 118 cm³/mol. The smallest absolute Gasteiger partial charge is 0.139 e. The fourth-order valence-corrected chi connectivity index (χ4v) is 5.48. The molecule has 1 fully saturated rings. The average molecular weight is 439 g/mol. The summed E-state index contributed by atoms with van der Waals surface area (Å²) in [6.45, 7) is 0.832. The molecule has 0 saturated heterocycles. The Morgan fingerprint density at radius 1 is 1.30 bits per heavy atom. The first-order chi connectivity index (χ1) is 14.7. The van der Waals surface area contributed by atoms with Crippen LogP contribution in [-0.4, -0.2) is 31.1 Å². The molecule has 2 aromatic heterocycles. The number of methoxy groups -OCH3 is 1. The van der Waals surface area contributed by atoms with Gasteiger partial charge in [-0.2, -0.15) is 5.26 Å². The topological polar surface area (TPSA) is 72.2 Å². The van der Waals surface area contributed by atoms with Gasteiger partial charge in [-0.15, -0.1) is 11.3 Å².